The van der Waals surface area contributed by atoms with Gasteiger partial charge in [0.25, 0.3) is 0 Å². The molecule has 1 heterocycles. The summed E-state index contributed by atoms with van der Waals surface area (Å²) in [6, 6.07) is 9.33. The van der Waals surface area contributed by atoms with Gasteiger partial charge in [-0.05, 0) is 55.8 Å². The molecule has 0 bridgehead atoms. The molecule has 0 amide bonds. The van der Waals surface area contributed by atoms with Crippen LogP contribution in [-0.2, 0) is 10.1 Å². The molecule has 8 heteroatoms. The molecule has 2 aromatic carbocycles. The van der Waals surface area contributed by atoms with E-state index in [2.05, 4.69) is 4.98 Å². The van der Waals surface area contributed by atoms with E-state index in [9.17, 15) is 8.42 Å². The van der Waals surface area contributed by atoms with Gasteiger partial charge in [-0.25, -0.2) is 0 Å². The Morgan fingerprint density at radius 3 is 2.58 bits per heavy atom. The number of fused-ring (bicyclic) bond motifs is 1. The highest BCUT2D eigenvalue weighted by molar-refractivity contribution is 7.87. The molecule has 0 radical (unpaired) electrons. The lowest BCUT2D eigenvalue weighted by molar-refractivity contribution is 0.337. The molecule has 136 valence electrons. The van der Waals surface area contributed by atoms with Crippen LogP contribution in [0, 0.1) is 6.92 Å². The minimum absolute atomic E-state index is 0.00597. The molecular formula is C18H15Cl2NO4S. The molecule has 0 fully saturated rings. The maximum absolute atomic E-state index is 12.7. The van der Waals surface area contributed by atoms with Gasteiger partial charge in [-0.15, -0.1) is 0 Å². The maximum Gasteiger partial charge on any atom is 0.339 e. The third-order valence-corrected chi connectivity index (χ3v) is 5.49. The summed E-state index contributed by atoms with van der Waals surface area (Å²) in [6.07, 6.45) is 1.51. The largest absolute Gasteiger partial charge is 0.494 e. The van der Waals surface area contributed by atoms with Gasteiger partial charge in [0.2, 0.25) is 0 Å². The van der Waals surface area contributed by atoms with Gasteiger partial charge in [0.1, 0.15) is 16.2 Å². The Bertz CT molecular complexity index is 1080. The van der Waals surface area contributed by atoms with Crippen molar-refractivity contribution in [2.75, 3.05) is 6.61 Å². The monoisotopic (exact) mass is 411 g/mol. The van der Waals surface area contributed by atoms with E-state index in [0.29, 0.717) is 28.3 Å². The Balaban J connectivity index is 2.06. The quantitative estimate of drug-likeness (QED) is 0.551. The Hall–Kier alpha value is -2.02. The molecule has 1 aromatic heterocycles. The molecule has 0 saturated carbocycles. The first-order valence-corrected chi connectivity index (χ1v) is 9.90. The highest BCUT2D eigenvalue weighted by atomic mass is 35.5. The molecule has 3 rings (SSSR count). The molecule has 5 nitrogen and oxygen atoms in total. The second kappa shape index (κ2) is 7.31. The molecule has 0 atom stereocenters. The summed E-state index contributed by atoms with van der Waals surface area (Å²) in [5.41, 5.74) is 0.956. The van der Waals surface area contributed by atoms with Crippen LogP contribution in [0.3, 0.4) is 0 Å². The Morgan fingerprint density at radius 2 is 1.88 bits per heavy atom. The van der Waals surface area contributed by atoms with Crippen LogP contribution in [-0.4, -0.2) is 20.0 Å². The number of ether oxygens (including phenoxy) is 1. The molecule has 0 saturated heterocycles. The van der Waals surface area contributed by atoms with Crippen molar-refractivity contribution in [3.63, 3.8) is 0 Å². The molecule has 0 N–H and O–H groups in total. The van der Waals surface area contributed by atoms with E-state index >= 15 is 0 Å². The standard InChI is InChI=1S/C18H15Cl2NO4S/c1-3-24-16-7-6-12(9-11(16)2)26(22,23)25-18-15(20)10-14(19)13-5-4-8-21-17(13)18/h4-10H,3H2,1-2H3. The van der Waals surface area contributed by atoms with Crippen molar-refractivity contribution in [3.05, 3.63) is 58.2 Å². The van der Waals surface area contributed by atoms with Gasteiger partial charge in [-0.3, -0.25) is 4.98 Å². The van der Waals surface area contributed by atoms with E-state index < -0.39 is 10.1 Å². The SMILES string of the molecule is CCOc1ccc(S(=O)(=O)Oc2c(Cl)cc(Cl)c3cccnc23)cc1C. The van der Waals surface area contributed by atoms with Gasteiger partial charge in [0, 0.05) is 11.6 Å². The van der Waals surface area contributed by atoms with Crippen LogP contribution >= 0.6 is 23.2 Å². The van der Waals surface area contributed by atoms with Crippen molar-refractivity contribution in [3.8, 4) is 11.5 Å². The van der Waals surface area contributed by atoms with Crippen molar-refractivity contribution in [2.24, 2.45) is 0 Å². The van der Waals surface area contributed by atoms with Crippen molar-refractivity contribution in [1.82, 2.24) is 4.98 Å². The number of pyridine rings is 1. The zero-order valence-electron chi connectivity index (χ0n) is 14.0. The first-order chi connectivity index (χ1) is 12.3. The second-order valence-electron chi connectivity index (χ2n) is 5.47. The summed E-state index contributed by atoms with van der Waals surface area (Å²) in [4.78, 5) is 4.15. The van der Waals surface area contributed by atoms with Crippen LogP contribution in [0.1, 0.15) is 12.5 Å². The molecule has 0 aliphatic heterocycles. The molecule has 3 aromatic rings. The summed E-state index contributed by atoms with van der Waals surface area (Å²) in [6.45, 7) is 4.10. The van der Waals surface area contributed by atoms with Crippen molar-refractivity contribution in [1.29, 1.82) is 0 Å². The Kier molecular flexibility index (Phi) is 5.27. The van der Waals surface area contributed by atoms with E-state index in [-0.39, 0.29) is 21.2 Å². The van der Waals surface area contributed by atoms with Crippen LogP contribution < -0.4 is 8.92 Å². The molecule has 0 spiro atoms. The van der Waals surface area contributed by atoms with Crippen LogP contribution in [0.5, 0.6) is 11.5 Å². The predicted molar refractivity (Wildman–Crippen MR) is 102 cm³/mol. The van der Waals surface area contributed by atoms with E-state index in [1.165, 1.54) is 24.4 Å². The van der Waals surface area contributed by atoms with Gasteiger partial charge < -0.3 is 8.92 Å². The third-order valence-electron chi connectivity index (χ3n) is 3.68. The summed E-state index contributed by atoms with van der Waals surface area (Å²) in [5.74, 6) is 0.557. The van der Waals surface area contributed by atoms with Crippen molar-refractivity contribution < 1.29 is 17.3 Å². The second-order valence-corrected chi connectivity index (χ2v) is 7.83. The molecular weight excluding hydrogens is 397 g/mol. The lowest BCUT2D eigenvalue weighted by Gasteiger charge is -2.13. The number of rotatable bonds is 5. The topological polar surface area (TPSA) is 65.5 Å². The fourth-order valence-electron chi connectivity index (χ4n) is 2.48. The molecule has 0 aliphatic carbocycles. The van der Waals surface area contributed by atoms with Crippen LogP contribution in [0.15, 0.2) is 47.5 Å². The third kappa shape index (κ3) is 3.58. The summed E-state index contributed by atoms with van der Waals surface area (Å²) < 4.78 is 36.2. The van der Waals surface area contributed by atoms with Crippen molar-refractivity contribution in [2.45, 2.75) is 18.7 Å². The van der Waals surface area contributed by atoms with Gasteiger partial charge >= 0.3 is 10.1 Å². The summed E-state index contributed by atoms with van der Waals surface area (Å²) in [7, 11) is -4.12. The zero-order chi connectivity index (χ0) is 18.9. The number of benzene rings is 2. The lowest BCUT2D eigenvalue weighted by atomic mass is 10.2. The lowest BCUT2D eigenvalue weighted by Crippen LogP contribution is -2.11. The fraction of sp³-hybridized carbons (Fsp3) is 0.167. The number of halogens is 2. The first kappa shape index (κ1) is 18.8. The zero-order valence-corrected chi connectivity index (χ0v) is 16.3. The van der Waals surface area contributed by atoms with E-state index in [1.54, 1.807) is 25.1 Å². The molecule has 0 aliphatic rings. The fourth-order valence-corrected chi connectivity index (χ4v) is 4.12. The summed E-state index contributed by atoms with van der Waals surface area (Å²) in [5, 5.41) is 0.971. The van der Waals surface area contributed by atoms with Crippen LogP contribution in [0.4, 0.5) is 0 Å². The summed E-state index contributed by atoms with van der Waals surface area (Å²) >= 11 is 12.3. The number of nitrogens with zero attached hydrogens (tertiary/aromatic N) is 1. The van der Waals surface area contributed by atoms with E-state index in [4.69, 9.17) is 32.1 Å². The normalized spacial score (nSPS) is 11.5. The highest BCUT2D eigenvalue weighted by Crippen LogP contribution is 2.38. The van der Waals surface area contributed by atoms with Crippen molar-refractivity contribution >= 4 is 44.2 Å². The minimum atomic E-state index is -4.12. The predicted octanol–water partition coefficient (Wildman–Crippen LogP) is 5.02. The maximum atomic E-state index is 12.7. The highest BCUT2D eigenvalue weighted by Gasteiger charge is 2.22. The number of hydrogen-bond donors (Lipinski definition) is 0. The van der Waals surface area contributed by atoms with Gasteiger partial charge in [-0.1, -0.05) is 23.2 Å². The number of aryl methyl sites for hydroxylation is 1. The van der Waals surface area contributed by atoms with E-state index in [0.717, 1.165) is 0 Å². The Labute approximate surface area is 161 Å². The van der Waals surface area contributed by atoms with Crippen LogP contribution in [0.25, 0.3) is 10.9 Å². The smallest absolute Gasteiger partial charge is 0.339 e. The van der Waals surface area contributed by atoms with E-state index in [1.807, 2.05) is 6.92 Å². The average Bonchev–Trinajstić information content (AvgIpc) is 2.60. The Morgan fingerprint density at radius 1 is 1.12 bits per heavy atom. The van der Waals surface area contributed by atoms with Crippen LogP contribution in [0.2, 0.25) is 10.0 Å². The number of hydrogen-bond acceptors (Lipinski definition) is 5. The van der Waals surface area contributed by atoms with Gasteiger partial charge in [0.05, 0.1) is 16.7 Å². The average molecular weight is 412 g/mol. The number of aromatic nitrogens is 1. The van der Waals surface area contributed by atoms with Gasteiger partial charge in [0.15, 0.2) is 5.75 Å². The van der Waals surface area contributed by atoms with Gasteiger partial charge in [-0.2, -0.15) is 8.42 Å². The first-order valence-electron chi connectivity index (χ1n) is 7.74. The minimum Gasteiger partial charge on any atom is -0.494 e. The molecule has 0 unspecified atom stereocenters. The molecule has 26 heavy (non-hydrogen) atoms.